The van der Waals surface area contributed by atoms with E-state index in [-0.39, 0.29) is 50.2 Å². The monoisotopic (exact) mass is 1000 g/mol. The molecule has 19 atom stereocenters. The molecule has 0 saturated carbocycles. The molecule has 0 aromatic carbocycles. The van der Waals surface area contributed by atoms with Gasteiger partial charge in [-0.25, -0.2) is 0 Å². The second kappa shape index (κ2) is 29.7. The van der Waals surface area contributed by atoms with Crippen molar-refractivity contribution in [3.63, 3.8) is 0 Å². The van der Waals surface area contributed by atoms with E-state index in [1.165, 1.54) is 21.1 Å². The zero-order valence-corrected chi connectivity index (χ0v) is 43.5. The molecular weight excluding hydrogens is 917 g/mol. The number of aliphatic hydroxyl groups is 3. The Morgan fingerprint density at radius 1 is 0.814 bits per heavy atom. The van der Waals surface area contributed by atoms with Crippen molar-refractivity contribution in [2.45, 2.75) is 216 Å². The van der Waals surface area contributed by atoms with E-state index in [2.05, 4.69) is 32.8 Å². The lowest BCUT2D eigenvalue weighted by molar-refractivity contribution is -0.344. The molecule has 4 rings (SSSR count). The number of carboxylic acid groups (broad SMARTS) is 2. The second-order valence-corrected chi connectivity index (χ2v) is 20.0. The normalized spacial score (nSPS) is 40.1. The first-order chi connectivity index (χ1) is 32.9. The summed E-state index contributed by atoms with van der Waals surface area (Å²) in [5, 5.41) is 49.8. The average Bonchev–Trinajstić information content (AvgIpc) is 3.26. The maximum atomic E-state index is 13.3. The van der Waals surface area contributed by atoms with Crippen LogP contribution in [0.3, 0.4) is 0 Å². The highest BCUT2D eigenvalue weighted by Crippen LogP contribution is 2.38. The summed E-state index contributed by atoms with van der Waals surface area (Å²) in [5.41, 5.74) is -1.46. The number of aldehydes is 1. The fraction of sp³-hybridized carbons (Fsp3) is 0.840. The number of nitrogens with zero attached hydrogens (tertiary/aromatic N) is 2. The van der Waals surface area contributed by atoms with Crippen LogP contribution >= 0.6 is 0 Å². The molecule has 0 aromatic heterocycles. The van der Waals surface area contributed by atoms with Gasteiger partial charge in [0.2, 0.25) is 0 Å². The molecule has 404 valence electrons. The van der Waals surface area contributed by atoms with Crippen LogP contribution in [0.5, 0.6) is 0 Å². The number of esters is 1. The molecule has 20 heteroatoms. The molecule has 5 N–H and O–H groups in total. The summed E-state index contributed by atoms with van der Waals surface area (Å²) in [6.07, 6.45) is 1.31. The van der Waals surface area contributed by atoms with Crippen molar-refractivity contribution < 1.29 is 87.3 Å². The van der Waals surface area contributed by atoms with Gasteiger partial charge in [-0.1, -0.05) is 31.2 Å². The highest BCUT2D eigenvalue weighted by molar-refractivity contribution is 5.70. The van der Waals surface area contributed by atoms with Gasteiger partial charge >= 0.3 is 17.9 Å². The van der Waals surface area contributed by atoms with E-state index in [1.54, 1.807) is 27.9 Å². The number of rotatable bonds is 17. The largest absolute Gasteiger partial charge is 0.481 e. The molecule has 4 aliphatic rings. The first-order valence-electron chi connectivity index (χ1n) is 24.7. The Morgan fingerprint density at radius 3 is 2.00 bits per heavy atom. The van der Waals surface area contributed by atoms with Crippen molar-refractivity contribution >= 4 is 24.2 Å². The van der Waals surface area contributed by atoms with Gasteiger partial charge in [-0.15, -0.1) is 0 Å². The molecule has 0 aromatic rings. The number of hydrogen-bond donors (Lipinski definition) is 5. The summed E-state index contributed by atoms with van der Waals surface area (Å²) >= 11 is 0. The predicted octanol–water partition coefficient (Wildman–Crippen LogP) is 3.70. The van der Waals surface area contributed by atoms with Crippen LogP contribution in [0.2, 0.25) is 0 Å². The fourth-order valence-electron chi connectivity index (χ4n) is 9.85. The van der Waals surface area contributed by atoms with Gasteiger partial charge in [-0.05, 0) is 107 Å². The summed E-state index contributed by atoms with van der Waals surface area (Å²) < 4.78 is 56.6. The highest BCUT2D eigenvalue weighted by Gasteiger charge is 2.52. The van der Waals surface area contributed by atoms with E-state index < -0.39 is 115 Å². The first-order valence-corrected chi connectivity index (χ1v) is 24.7. The van der Waals surface area contributed by atoms with Crippen LogP contribution in [0.15, 0.2) is 24.3 Å². The minimum Gasteiger partial charge on any atom is -0.481 e. The molecule has 70 heavy (non-hydrogen) atoms. The molecule has 3 saturated heterocycles. The molecule has 4 heterocycles. The standard InChI is InChI=1S/C44H76N2O14.C6H10O4/c1-25-22-30(20-21-47)40(60-43-38(49)37(46(9)10)39(28(4)57-43)59-36-24-44(6,51)42(50)29(5)56-36)41(53-12)33(52-11)23-34(48)54-26(2)16-14-13-15-17-32(25)58-35-19-18-31(45(7)8)27(3)55-35;7-5(8)3-1-2-4-6(9)10/h13-15,17,21,25-33,35-43,49-51H,16,18-20,22-24H2,1-12H3;1-4H2,(H,7,8)(H,9,10)/b14-13+,17-15+;/t25-,26-,27-,28-,29+,30+,31+,32+,33-,35+,36+,37-,38-,39-,40+,41+,42+,43+,44-;/m1./s1. The Balaban J connectivity index is 0.00000116. The smallest absolute Gasteiger partial charge is 0.308 e. The van der Waals surface area contributed by atoms with Crippen LogP contribution in [-0.4, -0.2) is 206 Å². The topological polar surface area (TPSA) is 259 Å². The van der Waals surface area contributed by atoms with E-state index in [0.717, 1.165) is 12.7 Å². The van der Waals surface area contributed by atoms with Crippen LogP contribution in [0, 0.1) is 11.8 Å². The molecule has 0 radical (unpaired) electrons. The van der Waals surface area contributed by atoms with Crippen molar-refractivity contribution in [3.05, 3.63) is 24.3 Å². The lowest BCUT2D eigenvalue weighted by Gasteiger charge is -2.50. The molecule has 0 spiro atoms. The van der Waals surface area contributed by atoms with Crippen LogP contribution in [0.1, 0.15) is 112 Å². The van der Waals surface area contributed by atoms with Gasteiger partial charge in [-0.3, -0.25) is 14.4 Å². The summed E-state index contributed by atoms with van der Waals surface area (Å²) in [5.74, 6) is -2.94. The number of methoxy groups -OCH3 is 2. The first kappa shape index (κ1) is 61.3. The third-order valence-electron chi connectivity index (χ3n) is 13.7. The number of unbranched alkanes of at least 4 members (excludes halogenated alkanes) is 1. The van der Waals surface area contributed by atoms with Crippen molar-refractivity contribution in [1.82, 2.24) is 9.80 Å². The maximum Gasteiger partial charge on any atom is 0.308 e. The van der Waals surface area contributed by atoms with Crippen LogP contribution < -0.4 is 0 Å². The quantitative estimate of drug-likeness (QED) is 0.0791. The lowest BCUT2D eigenvalue weighted by atomic mass is 9.82. The van der Waals surface area contributed by atoms with Crippen molar-refractivity contribution in [2.75, 3.05) is 42.4 Å². The van der Waals surface area contributed by atoms with Gasteiger partial charge in [0, 0.05) is 52.4 Å². The van der Waals surface area contributed by atoms with Gasteiger partial charge in [0.15, 0.2) is 18.9 Å². The van der Waals surface area contributed by atoms with Gasteiger partial charge in [-0.2, -0.15) is 0 Å². The van der Waals surface area contributed by atoms with E-state index in [4.69, 9.17) is 52.8 Å². The van der Waals surface area contributed by atoms with Crippen molar-refractivity contribution in [3.8, 4) is 0 Å². The Hall–Kier alpha value is -2.96. The van der Waals surface area contributed by atoms with Crippen LogP contribution in [0.25, 0.3) is 0 Å². The zero-order valence-electron chi connectivity index (χ0n) is 43.5. The van der Waals surface area contributed by atoms with E-state index in [0.29, 0.717) is 32.1 Å². The molecule has 0 bridgehead atoms. The van der Waals surface area contributed by atoms with E-state index >= 15 is 0 Å². The van der Waals surface area contributed by atoms with Gasteiger partial charge in [0.05, 0.1) is 54.7 Å². The minimum atomic E-state index is -1.46. The summed E-state index contributed by atoms with van der Waals surface area (Å²) in [4.78, 5) is 49.7. The minimum absolute atomic E-state index is 0.000641. The second-order valence-electron chi connectivity index (χ2n) is 20.0. The molecular formula is C50H86N2O18. The van der Waals surface area contributed by atoms with Crippen LogP contribution in [-0.2, 0) is 61.8 Å². The number of hydrogen-bond acceptors (Lipinski definition) is 18. The SMILES string of the molecule is CO[C@@H]1[C@@H](O[C@@H]2O[C@H](C)[C@@H](O[C@H]3C[C@@](C)(O)[C@@H](O)[C@H](C)O3)[C@H](N(C)C)[C@H]2O)[C@@H](CC=O)C[C@@H](C)[C@@H](O[C@H]2CC[C@H](N(C)C)[C@@H](C)O2)/C=C/C=C/C[C@@H](C)OC(=O)C[C@H]1OC.O=C(O)CCCCC(=O)O. The Labute approximate surface area is 414 Å². The number of cyclic esters (lactones) is 1. The number of ether oxygens (including phenoxy) is 9. The molecule has 3 fully saturated rings. The average molecular weight is 1000 g/mol. The predicted molar refractivity (Wildman–Crippen MR) is 255 cm³/mol. The van der Waals surface area contributed by atoms with Crippen molar-refractivity contribution in [1.29, 1.82) is 0 Å². The number of aliphatic hydroxyl groups excluding tert-OH is 2. The molecule has 0 amide bonds. The van der Waals surface area contributed by atoms with Gasteiger partial charge in [0.25, 0.3) is 0 Å². The van der Waals surface area contributed by atoms with E-state index in [9.17, 15) is 34.5 Å². The zero-order chi connectivity index (χ0) is 52.5. The lowest BCUT2D eigenvalue weighted by Crippen LogP contribution is -2.65. The number of carbonyl (C=O) groups is 4. The summed E-state index contributed by atoms with van der Waals surface area (Å²) in [7, 11) is 10.7. The van der Waals surface area contributed by atoms with E-state index in [1.807, 2.05) is 36.1 Å². The Bertz CT molecular complexity index is 1630. The van der Waals surface area contributed by atoms with Crippen LogP contribution in [0.4, 0.5) is 0 Å². The summed E-state index contributed by atoms with van der Waals surface area (Å²) in [6, 6.07) is -0.423. The van der Waals surface area contributed by atoms with Crippen molar-refractivity contribution in [2.24, 2.45) is 11.8 Å². The Kier molecular flexibility index (Phi) is 26.0. The summed E-state index contributed by atoms with van der Waals surface area (Å²) in [6.45, 7) is 10.9. The number of carbonyl (C=O) groups excluding carboxylic acids is 2. The number of likely N-dealkylation sites (N-methyl/N-ethyl adjacent to an activating group) is 2. The van der Waals surface area contributed by atoms with Gasteiger partial charge < -0.3 is 82.8 Å². The molecule has 4 aliphatic heterocycles. The molecule has 0 aliphatic carbocycles. The highest BCUT2D eigenvalue weighted by atomic mass is 16.7. The number of carboxylic acids is 2. The Morgan fingerprint density at radius 2 is 1.46 bits per heavy atom. The maximum absolute atomic E-state index is 13.3. The molecule has 0 unspecified atom stereocenters. The third-order valence-corrected chi connectivity index (χ3v) is 13.7. The number of aliphatic carboxylic acids is 2. The third kappa shape index (κ3) is 18.8. The van der Waals surface area contributed by atoms with Gasteiger partial charge in [0.1, 0.15) is 36.8 Å². The molecule has 20 nitrogen and oxygen atoms in total. The number of allylic oxidation sites excluding steroid dienone is 2. The fourth-order valence-corrected chi connectivity index (χ4v) is 9.85.